The van der Waals surface area contributed by atoms with Gasteiger partial charge in [-0.3, -0.25) is 0 Å². The van der Waals surface area contributed by atoms with Crippen LogP contribution in [-0.4, -0.2) is 31.2 Å². The Morgan fingerprint density at radius 3 is 2.58 bits per heavy atom. The highest BCUT2D eigenvalue weighted by atomic mass is 35.5. The lowest BCUT2D eigenvalue weighted by atomic mass is 10.2. The van der Waals surface area contributed by atoms with Gasteiger partial charge in [-0.15, -0.1) is 13.2 Å². The molecule has 0 aromatic heterocycles. The number of rotatable bonds is 6. The number of hydrogen-bond acceptors (Lipinski definition) is 3. The standard InChI is InChI=1S/C18H19ClF3N3O/c1-4-25(3)11-23-14-9-12(2)10-15(17(14)19)24-13-7-5-6-8-16(13)26-18(20,21)22/h5-11,24H,4H2,1-3H3/b23-11-. The predicted molar refractivity (Wildman–Crippen MR) is 99.1 cm³/mol. The summed E-state index contributed by atoms with van der Waals surface area (Å²) in [5.41, 5.74) is 1.97. The molecule has 0 fully saturated rings. The fraction of sp³-hybridized carbons (Fsp3) is 0.278. The van der Waals surface area contributed by atoms with Gasteiger partial charge in [-0.25, -0.2) is 4.99 Å². The van der Waals surface area contributed by atoms with Crippen LogP contribution in [0.2, 0.25) is 5.02 Å². The zero-order valence-corrected chi connectivity index (χ0v) is 15.3. The van der Waals surface area contributed by atoms with E-state index in [4.69, 9.17) is 11.6 Å². The first-order valence-electron chi connectivity index (χ1n) is 7.86. The van der Waals surface area contributed by atoms with Crippen molar-refractivity contribution in [3.63, 3.8) is 0 Å². The molecule has 2 aromatic carbocycles. The number of alkyl halides is 3. The van der Waals surface area contributed by atoms with Gasteiger partial charge in [0.05, 0.1) is 28.4 Å². The van der Waals surface area contributed by atoms with E-state index in [0.29, 0.717) is 16.4 Å². The highest BCUT2D eigenvalue weighted by molar-refractivity contribution is 6.36. The van der Waals surface area contributed by atoms with Crippen molar-refractivity contribution in [2.24, 2.45) is 4.99 Å². The molecular weight excluding hydrogens is 367 g/mol. The molecule has 0 radical (unpaired) electrons. The molecule has 0 spiro atoms. The van der Waals surface area contributed by atoms with Crippen molar-refractivity contribution in [2.75, 3.05) is 18.9 Å². The summed E-state index contributed by atoms with van der Waals surface area (Å²) in [5.74, 6) is -0.339. The topological polar surface area (TPSA) is 36.9 Å². The lowest BCUT2D eigenvalue weighted by molar-refractivity contribution is -0.274. The number of nitrogens with zero attached hydrogens (tertiary/aromatic N) is 2. The maximum Gasteiger partial charge on any atom is 0.573 e. The highest BCUT2D eigenvalue weighted by Gasteiger charge is 2.32. The number of aliphatic imine (C=N–C) groups is 1. The number of benzene rings is 2. The molecule has 0 aliphatic heterocycles. The molecule has 26 heavy (non-hydrogen) atoms. The molecule has 8 heteroatoms. The molecule has 4 nitrogen and oxygen atoms in total. The van der Waals surface area contributed by atoms with Crippen LogP contribution in [0.3, 0.4) is 0 Å². The summed E-state index contributed by atoms with van der Waals surface area (Å²) < 4.78 is 41.8. The third-order valence-electron chi connectivity index (χ3n) is 3.47. The summed E-state index contributed by atoms with van der Waals surface area (Å²) in [6, 6.07) is 9.30. The van der Waals surface area contributed by atoms with Crippen LogP contribution in [0.1, 0.15) is 12.5 Å². The Bertz CT molecular complexity index is 794. The number of ether oxygens (including phenoxy) is 1. The van der Waals surface area contributed by atoms with E-state index < -0.39 is 6.36 Å². The summed E-state index contributed by atoms with van der Waals surface area (Å²) in [7, 11) is 1.87. The first-order chi connectivity index (χ1) is 12.2. The molecule has 0 saturated carbocycles. The largest absolute Gasteiger partial charge is 0.573 e. The lowest BCUT2D eigenvalue weighted by Gasteiger charge is -2.16. The number of nitrogens with one attached hydrogen (secondary N) is 1. The Kier molecular flexibility index (Phi) is 6.37. The van der Waals surface area contributed by atoms with Gasteiger partial charge in [0.2, 0.25) is 0 Å². The molecule has 0 unspecified atom stereocenters. The number of anilines is 2. The van der Waals surface area contributed by atoms with Gasteiger partial charge in [0.15, 0.2) is 5.75 Å². The predicted octanol–water partition coefficient (Wildman–Crippen LogP) is 5.90. The smallest absolute Gasteiger partial charge is 0.404 e. The maximum atomic E-state index is 12.6. The first kappa shape index (κ1) is 19.9. The van der Waals surface area contributed by atoms with Crippen LogP contribution in [0.4, 0.5) is 30.2 Å². The van der Waals surface area contributed by atoms with Crippen LogP contribution in [0, 0.1) is 6.92 Å². The van der Waals surface area contributed by atoms with Crippen molar-refractivity contribution < 1.29 is 17.9 Å². The SMILES string of the molecule is CCN(C)/C=N\c1cc(C)cc(Nc2ccccc2OC(F)(F)F)c1Cl. The summed E-state index contributed by atoms with van der Waals surface area (Å²) in [5, 5.41) is 3.21. The van der Waals surface area contributed by atoms with Crippen molar-refractivity contribution in [3.05, 3.63) is 47.0 Å². The van der Waals surface area contributed by atoms with Gasteiger partial charge in [0.25, 0.3) is 0 Å². The molecule has 140 valence electrons. The van der Waals surface area contributed by atoms with Crippen LogP contribution in [0.15, 0.2) is 41.4 Å². The number of aryl methyl sites for hydroxylation is 1. The number of para-hydroxylation sites is 2. The third-order valence-corrected chi connectivity index (χ3v) is 3.87. The van der Waals surface area contributed by atoms with Crippen LogP contribution >= 0.6 is 11.6 Å². The second kappa shape index (κ2) is 8.31. The molecule has 2 aromatic rings. The molecule has 0 atom stereocenters. The Morgan fingerprint density at radius 1 is 1.23 bits per heavy atom. The normalized spacial score (nSPS) is 11.7. The minimum Gasteiger partial charge on any atom is -0.404 e. The van der Waals surface area contributed by atoms with Gasteiger partial charge in [-0.1, -0.05) is 23.7 Å². The van der Waals surface area contributed by atoms with E-state index in [-0.39, 0.29) is 11.4 Å². The van der Waals surface area contributed by atoms with Gasteiger partial charge in [0, 0.05) is 13.6 Å². The summed E-state index contributed by atoms with van der Waals surface area (Å²) in [6.45, 7) is 4.61. The van der Waals surface area contributed by atoms with E-state index in [0.717, 1.165) is 12.1 Å². The Morgan fingerprint density at radius 2 is 1.92 bits per heavy atom. The zero-order valence-electron chi connectivity index (χ0n) is 14.6. The van der Waals surface area contributed by atoms with E-state index in [1.807, 2.05) is 25.8 Å². The van der Waals surface area contributed by atoms with Crippen molar-refractivity contribution >= 4 is 35.0 Å². The molecule has 2 rings (SSSR count). The zero-order chi connectivity index (χ0) is 19.3. The van der Waals surface area contributed by atoms with Gasteiger partial charge in [-0.05, 0) is 43.7 Å². The van der Waals surface area contributed by atoms with Crippen molar-refractivity contribution in [3.8, 4) is 5.75 Å². The van der Waals surface area contributed by atoms with Crippen molar-refractivity contribution in [1.82, 2.24) is 4.90 Å². The monoisotopic (exact) mass is 385 g/mol. The first-order valence-corrected chi connectivity index (χ1v) is 8.23. The van der Waals surface area contributed by atoms with E-state index in [1.165, 1.54) is 18.2 Å². The average molecular weight is 386 g/mol. The molecule has 0 aliphatic rings. The van der Waals surface area contributed by atoms with E-state index in [1.54, 1.807) is 24.5 Å². The molecule has 0 saturated heterocycles. The Hall–Kier alpha value is -2.41. The van der Waals surface area contributed by atoms with Gasteiger partial charge in [-0.2, -0.15) is 0 Å². The molecule has 1 N–H and O–H groups in total. The minimum atomic E-state index is -4.78. The summed E-state index contributed by atoms with van der Waals surface area (Å²) >= 11 is 6.38. The molecule has 0 bridgehead atoms. The number of hydrogen-bond donors (Lipinski definition) is 1. The highest BCUT2D eigenvalue weighted by Crippen LogP contribution is 2.38. The van der Waals surface area contributed by atoms with Crippen LogP contribution in [0.25, 0.3) is 0 Å². The van der Waals surface area contributed by atoms with Gasteiger partial charge >= 0.3 is 6.36 Å². The quantitative estimate of drug-likeness (QED) is 0.496. The molecular formula is C18H19ClF3N3O. The maximum absolute atomic E-state index is 12.6. The van der Waals surface area contributed by atoms with Gasteiger partial charge < -0.3 is 15.0 Å². The Labute approximate surface area is 155 Å². The van der Waals surface area contributed by atoms with Crippen LogP contribution in [0.5, 0.6) is 5.75 Å². The minimum absolute atomic E-state index is 0.151. The molecule has 0 aliphatic carbocycles. The van der Waals surface area contributed by atoms with E-state index in [9.17, 15) is 13.2 Å². The summed E-state index contributed by atoms with van der Waals surface area (Å²) in [4.78, 5) is 6.21. The average Bonchev–Trinajstić information content (AvgIpc) is 2.56. The molecule has 0 amide bonds. The fourth-order valence-corrected chi connectivity index (χ4v) is 2.31. The lowest BCUT2D eigenvalue weighted by Crippen LogP contribution is -2.17. The van der Waals surface area contributed by atoms with E-state index >= 15 is 0 Å². The number of halogens is 4. The van der Waals surface area contributed by atoms with Crippen LogP contribution < -0.4 is 10.1 Å². The van der Waals surface area contributed by atoms with Gasteiger partial charge in [0.1, 0.15) is 0 Å². The van der Waals surface area contributed by atoms with Crippen molar-refractivity contribution in [2.45, 2.75) is 20.2 Å². The Balaban J connectivity index is 2.36. The third kappa shape index (κ3) is 5.56. The second-order valence-electron chi connectivity index (χ2n) is 5.63. The summed E-state index contributed by atoms with van der Waals surface area (Å²) in [6.07, 6.45) is -3.14. The molecule has 0 heterocycles. The van der Waals surface area contributed by atoms with Crippen molar-refractivity contribution in [1.29, 1.82) is 0 Å². The second-order valence-corrected chi connectivity index (χ2v) is 6.01. The fourth-order valence-electron chi connectivity index (χ4n) is 2.11. The van der Waals surface area contributed by atoms with Crippen LogP contribution in [-0.2, 0) is 0 Å². The van der Waals surface area contributed by atoms with E-state index in [2.05, 4.69) is 15.0 Å².